The zero-order chi connectivity index (χ0) is 22.1. The van der Waals surface area contributed by atoms with Gasteiger partial charge < -0.3 is 0 Å². The Bertz CT molecular complexity index is 1550. The van der Waals surface area contributed by atoms with Crippen LogP contribution in [0.15, 0.2) is 93.6 Å². The molecule has 0 spiro atoms. The maximum Gasteiger partial charge on any atom is 0.278 e. The van der Waals surface area contributed by atoms with Crippen molar-refractivity contribution in [1.82, 2.24) is 24.5 Å². The molecule has 0 saturated heterocycles. The maximum absolute atomic E-state index is 13.4. The first kappa shape index (κ1) is 20.1. The van der Waals surface area contributed by atoms with Gasteiger partial charge in [0.15, 0.2) is 5.16 Å². The van der Waals surface area contributed by atoms with Gasteiger partial charge in [0.25, 0.3) is 11.1 Å². The van der Waals surface area contributed by atoms with E-state index in [1.165, 1.54) is 16.4 Å². The van der Waals surface area contributed by atoms with Gasteiger partial charge in [0.05, 0.1) is 28.2 Å². The van der Waals surface area contributed by atoms with Crippen LogP contribution in [0.25, 0.3) is 21.8 Å². The molecule has 0 radical (unpaired) electrons. The summed E-state index contributed by atoms with van der Waals surface area (Å²) >= 11 is 1.29. The Morgan fingerprint density at radius 1 is 0.812 bits per heavy atom. The molecule has 0 aliphatic heterocycles. The fourth-order valence-electron chi connectivity index (χ4n) is 3.68. The summed E-state index contributed by atoms with van der Waals surface area (Å²) in [5.74, 6) is 0.183. The molecule has 0 N–H and O–H groups in total. The van der Waals surface area contributed by atoms with Crippen LogP contribution in [0.5, 0.6) is 0 Å². The lowest BCUT2D eigenvalue weighted by atomic mass is 10.1. The number of fused-ring (bicyclic) bond motifs is 2. The molecule has 0 aliphatic rings. The third kappa shape index (κ3) is 3.58. The van der Waals surface area contributed by atoms with Gasteiger partial charge in [-0.1, -0.05) is 71.6 Å². The minimum absolute atomic E-state index is 0.119. The van der Waals surface area contributed by atoms with Crippen molar-refractivity contribution in [3.05, 3.63) is 105 Å². The molecule has 0 amide bonds. The van der Waals surface area contributed by atoms with Gasteiger partial charge in [-0.3, -0.25) is 14.2 Å². The van der Waals surface area contributed by atoms with E-state index < -0.39 is 0 Å². The molecule has 2 aromatic heterocycles. The molecule has 2 heterocycles. The summed E-state index contributed by atoms with van der Waals surface area (Å²) in [6.07, 6.45) is 0. The molecule has 8 heteroatoms. The van der Waals surface area contributed by atoms with E-state index in [0.717, 1.165) is 5.56 Å². The van der Waals surface area contributed by atoms with Crippen molar-refractivity contribution in [1.29, 1.82) is 0 Å². The highest BCUT2D eigenvalue weighted by Gasteiger charge is 2.18. The Morgan fingerprint density at radius 2 is 1.44 bits per heavy atom. The van der Waals surface area contributed by atoms with Crippen LogP contribution in [-0.4, -0.2) is 24.5 Å². The quantitative estimate of drug-likeness (QED) is 0.304. The number of rotatable bonds is 5. The van der Waals surface area contributed by atoms with Crippen LogP contribution in [0.4, 0.5) is 0 Å². The first-order valence-electron chi connectivity index (χ1n) is 10.1. The summed E-state index contributed by atoms with van der Waals surface area (Å²) in [5, 5.41) is 9.78. The Balaban J connectivity index is 1.59. The second-order valence-corrected chi connectivity index (χ2v) is 8.27. The van der Waals surface area contributed by atoms with Crippen LogP contribution in [0.2, 0.25) is 0 Å². The second kappa shape index (κ2) is 8.39. The summed E-state index contributed by atoms with van der Waals surface area (Å²) in [6, 6.07) is 24.0. The highest BCUT2D eigenvalue weighted by molar-refractivity contribution is 7.98. The summed E-state index contributed by atoms with van der Waals surface area (Å²) < 4.78 is 2.98. The Hall–Kier alpha value is -3.78. The van der Waals surface area contributed by atoms with Gasteiger partial charge >= 0.3 is 0 Å². The van der Waals surface area contributed by atoms with Crippen molar-refractivity contribution in [2.75, 3.05) is 0 Å². The molecule has 158 valence electrons. The van der Waals surface area contributed by atoms with E-state index in [-0.39, 0.29) is 23.0 Å². The summed E-state index contributed by atoms with van der Waals surface area (Å²) in [5.41, 5.74) is 1.82. The van der Waals surface area contributed by atoms with Gasteiger partial charge in [-0.15, -0.1) is 5.10 Å². The van der Waals surface area contributed by atoms with Gasteiger partial charge in [-0.05, 0) is 36.8 Å². The molecule has 0 saturated carbocycles. The average Bonchev–Trinajstić information content (AvgIpc) is 2.84. The van der Waals surface area contributed by atoms with E-state index in [1.807, 2.05) is 61.5 Å². The van der Waals surface area contributed by atoms with E-state index in [4.69, 9.17) is 4.98 Å². The minimum Gasteiger partial charge on any atom is -0.280 e. The molecular weight excluding hydrogens is 422 g/mol. The molecular formula is C24H19N5O2S. The van der Waals surface area contributed by atoms with Crippen LogP contribution in [0, 0.1) is 0 Å². The number of thioether (sulfide) groups is 1. The number of para-hydroxylation sites is 1. The van der Waals surface area contributed by atoms with Crippen molar-refractivity contribution < 1.29 is 0 Å². The monoisotopic (exact) mass is 441 g/mol. The fraction of sp³-hybridized carbons (Fsp3) is 0.125. The summed E-state index contributed by atoms with van der Waals surface area (Å²) in [6.45, 7) is 1.97. The van der Waals surface area contributed by atoms with Crippen molar-refractivity contribution in [3.8, 4) is 0 Å². The number of hydrogen-bond acceptors (Lipinski definition) is 6. The van der Waals surface area contributed by atoms with E-state index in [0.29, 0.717) is 27.0 Å². The molecule has 0 bridgehead atoms. The highest BCUT2D eigenvalue weighted by Crippen LogP contribution is 2.25. The third-order valence-electron chi connectivity index (χ3n) is 5.39. The third-order valence-corrected chi connectivity index (χ3v) is 6.31. The molecule has 1 atom stereocenters. The molecule has 3 aromatic carbocycles. The molecule has 32 heavy (non-hydrogen) atoms. The molecule has 5 rings (SSSR count). The van der Waals surface area contributed by atoms with Crippen LogP contribution >= 0.6 is 11.8 Å². The van der Waals surface area contributed by atoms with Gasteiger partial charge in [0, 0.05) is 0 Å². The summed E-state index contributed by atoms with van der Waals surface area (Å²) in [7, 11) is 0. The van der Waals surface area contributed by atoms with Crippen LogP contribution in [0.1, 0.15) is 18.5 Å². The van der Waals surface area contributed by atoms with E-state index in [9.17, 15) is 9.59 Å². The standard InChI is InChI=1S/C24H19N5O2S/c1-16(17-9-3-2-4-10-17)29-23(31)18-11-5-7-13-20(18)25-24(29)32-15-28-22(30)19-12-6-8-14-21(19)26-27-28/h2-14,16H,15H2,1H3. The van der Waals surface area contributed by atoms with E-state index in [1.54, 1.807) is 28.8 Å². The first-order valence-corrected chi connectivity index (χ1v) is 11.1. The number of aromatic nitrogens is 5. The summed E-state index contributed by atoms with van der Waals surface area (Å²) in [4.78, 5) is 31.0. The second-order valence-electron chi connectivity index (χ2n) is 7.36. The first-order chi connectivity index (χ1) is 15.6. The van der Waals surface area contributed by atoms with E-state index >= 15 is 0 Å². The van der Waals surface area contributed by atoms with Crippen LogP contribution < -0.4 is 11.1 Å². The fourth-order valence-corrected chi connectivity index (χ4v) is 4.63. The zero-order valence-electron chi connectivity index (χ0n) is 17.3. The Kier molecular flexibility index (Phi) is 5.28. The topological polar surface area (TPSA) is 82.7 Å². The van der Waals surface area contributed by atoms with Gasteiger partial charge in [0.2, 0.25) is 0 Å². The molecule has 5 aromatic rings. The molecule has 0 aliphatic carbocycles. The van der Waals surface area contributed by atoms with E-state index in [2.05, 4.69) is 10.3 Å². The zero-order valence-corrected chi connectivity index (χ0v) is 18.1. The lowest BCUT2D eigenvalue weighted by Crippen LogP contribution is -2.28. The minimum atomic E-state index is -0.234. The average molecular weight is 442 g/mol. The largest absolute Gasteiger partial charge is 0.280 e. The molecule has 1 unspecified atom stereocenters. The molecule has 7 nitrogen and oxygen atoms in total. The lowest BCUT2D eigenvalue weighted by molar-refractivity contribution is 0.546. The van der Waals surface area contributed by atoms with Crippen molar-refractivity contribution in [2.24, 2.45) is 0 Å². The molecule has 0 fully saturated rings. The van der Waals surface area contributed by atoms with Crippen LogP contribution in [0.3, 0.4) is 0 Å². The van der Waals surface area contributed by atoms with Crippen molar-refractivity contribution in [2.45, 2.75) is 24.0 Å². The van der Waals surface area contributed by atoms with Crippen molar-refractivity contribution in [3.63, 3.8) is 0 Å². The van der Waals surface area contributed by atoms with Gasteiger partial charge in [-0.25, -0.2) is 4.98 Å². The van der Waals surface area contributed by atoms with Crippen LogP contribution in [-0.2, 0) is 5.88 Å². The maximum atomic E-state index is 13.4. The normalized spacial score (nSPS) is 12.3. The highest BCUT2D eigenvalue weighted by atomic mass is 32.2. The predicted molar refractivity (Wildman–Crippen MR) is 126 cm³/mol. The number of nitrogens with zero attached hydrogens (tertiary/aromatic N) is 5. The van der Waals surface area contributed by atoms with Crippen molar-refractivity contribution >= 4 is 33.6 Å². The predicted octanol–water partition coefficient (Wildman–Crippen LogP) is 3.86. The van der Waals surface area contributed by atoms with Gasteiger partial charge in [-0.2, -0.15) is 4.68 Å². The number of hydrogen-bond donors (Lipinski definition) is 0. The SMILES string of the molecule is CC(c1ccccc1)n1c(SCn2nnc3ccccc3c2=O)nc2ccccc2c1=O. The van der Waals surface area contributed by atoms with Gasteiger partial charge in [0.1, 0.15) is 5.52 Å². The lowest BCUT2D eigenvalue weighted by Gasteiger charge is -2.20. The Morgan fingerprint density at radius 3 is 2.19 bits per heavy atom. The smallest absolute Gasteiger partial charge is 0.278 e. The number of benzene rings is 3. The Labute approximate surface area is 187 Å².